The van der Waals surface area contributed by atoms with Gasteiger partial charge < -0.3 is 0 Å². The fraction of sp³-hybridized carbons (Fsp3) is 0.143. The molecule has 0 saturated carbocycles. The molecule has 2 rings (SSSR count). The van der Waals surface area contributed by atoms with E-state index in [9.17, 15) is 35.1 Å². The molecule has 0 N–H and O–H groups in total. The second-order valence-electron chi connectivity index (χ2n) is 4.79. The van der Waals surface area contributed by atoms with E-state index >= 15 is 0 Å². The van der Waals surface area contributed by atoms with Gasteiger partial charge in [0, 0.05) is 27.9 Å². The van der Waals surface area contributed by atoms with E-state index in [0.29, 0.717) is 11.8 Å². The van der Waals surface area contributed by atoms with Crippen molar-refractivity contribution >= 4 is 40.9 Å². The molecule has 0 aliphatic rings. The highest BCUT2D eigenvalue weighted by Gasteiger charge is 2.26. The summed E-state index contributed by atoms with van der Waals surface area (Å²) in [5, 5.41) is -0.276. The fourth-order valence-electron chi connectivity index (χ4n) is 1.92. The molecule has 0 radical (unpaired) electrons. The lowest BCUT2D eigenvalue weighted by Crippen LogP contribution is -2.24. The zero-order valence-corrected chi connectivity index (χ0v) is 15.1. The molecule has 2 unspecified atom stereocenters. The Kier molecular flexibility index (Phi) is 6.34. The van der Waals surface area contributed by atoms with Crippen LogP contribution in [0.3, 0.4) is 0 Å². The van der Waals surface area contributed by atoms with Crippen LogP contribution in [-0.2, 0) is 11.5 Å². The molecule has 2 aromatic rings. The van der Waals surface area contributed by atoms with Crippen LogP contribution in [0, 0.1) is 46.5 Å². The van der Waals surface area contributed by atoms with Gasteiger partial charge in [0.15, 0.2) is 40.7 Å². The van der Waals surface area contributed by atoms with Crippen molar-refractivity contribution in [2.24, 2.45) is 0 Å². The van der Waals surface area contributed by atoms with Crippen molar-refractivity contribution in [2.45, 2.75) is 11.5 Å². The topological polar surface area (TPSA) is 0 Å². The van der Waals surface area contributed by atoms with Crippen LogP contribution >= 0.6 is 30.2 Å². The maximum atomic E-state index is 13.8. The quantitative estimate of drug-likeness (QED) is 0.308. The Morgan fingerprint density at radius 1 is 0.480 bits per heavy atom. The Hall–Kier alpha value is -0.910. The van der Waals surface area contributed by atoms with Crippen molar-refractivity contribution < 1.29 is 35.1 Å². The third-order valence-electron chi connectivity index (χ3n) is 3.30. The zero-order valence-electron chi connectivity index (χ0n) is 12.0. The Labute approximate surface area is 145 Å². The summed E-state index contributed by atoms with van der Waals surface area (Å²) in [7, 11) is 3.88. The third kappa shape index (κ3) is 3.64. The lowest BCUT2D eigenvalue weighted by molar-refractivity contribution is 0.372. The van der Waals surface area contributed by atoms with Crippen LogP contribution in [0.15, 0.2) is 0 Å². The summed E-state index contributed by atoms with van der Waals surface area (Å²) >= 11 is 0.575. The van der Waals surface area contributed by atoms with E-state index in [2.05, 4.69) is 0 Å². The van der Waals surface area contributed by atoms with Crippen LogP contribution in [0.2, 0.25) is 0 Å². The summed E-state index contributed by atoms with van der Waals surface area (Å²) in [5.41, 5.74) is -1.39. The van der Waals surface area contributed by atoms with E-state index in [0.717, 1.165) is 0 Å². The maximum absolute atomic E-state index is 13.8. The largest absolute Gasteiger partial charge is 0.203 e. The van der Waals surface area contributed by atoms with E-state index in [1.165, 1.54) is 0 Å². The summed E-state index contributed by atoms with van der Waals surface area (Å²) < 4.78 is 107. The molecular weight excluding hydrogens is 414 g/mol. The van der Waals surface area contributed by atoms with Crippen LogP contribution in [0.25, 0.3) is 0 Å². The van der Waals surface area contributed by atoms with Crippen LogP contribution in [0.5, 0.6) is 0 Å². The molecule has 0 spiro atoms. The first kappa shape index (κ1) is 20.4. The van der Waals surface area contributed by atoms with E-state index in [4.69, 9.17) is 0 Å². The summed E-state index contributed by atoms with van der Waals surface area (Å²) in [5.74, 6) is -16.1. The molecule has 11 heteroatoms. The van der Waals surface area contributed by atoms with Gasteiger partial charge in [-0.1, -0.05) is 0 Å². The average Bonchev–Trinajstić information content (AvgIpc) is 2.60. The summed E-state index contributed by atoms with van der Waals surface area (Å²) in [6, 6.07) is 0. The van der Waals surface area contributed by atoms with E-state index in [1.807, 2.05) is 18.5 Å². The van der Waals surface area contributed by atoms with Crippen molar-refractivity contribution in [3.05, 3.63) is 57.7 Å². The van der Waals surface area contributed by atoms with Gasteiger partial charge in [0.1, 0.15) is 0 Å². The molecule has 0 bridgehead atoms. The maximum Gasteiger partial charge on any atom is 0.200 e. The van der Waals surface area contributed by atoms with Gasteiger partial charge in [-0.25, -0.2) is 35.1 Å². The van der Waals surface area contributed by atoms with Crippen molar-refractivity contribution in [1.29, 1.82) is 0 Å². The molecule has 0 aliphatic carbocycles. The number of thioether (sulfide) groups is 1. The minimum atomic E-state index is -2.28. The Bertz CT molecular complexity index is 728. The molecule has 0 saturated heterocycles. The Morgan fingerprint density at radius 2 is 0.840 bits per heavy atom. The monoisotopic (exact) mass is 422 g/mol. The second kappa shape index (κ2) is 7.77. The van der Waals surface area contributed by atoms with E-state index in [1.54, 1.807) is 0 Å². The lowest BCUT2D eigenvalue weighted by Gasteiger charge is -2.12. The van der Waals surface area contributed by atoms with Gasteiger partial charge >= 0.3 is 0 Å². The molecule has 0 nitrogen and oxygen atoms in total. The van der Waals surface area contributed by atoms with Gasteiger partial charge in [-0.15, -0.1) is 18.5 Å². The lowest BCUT2D eigenvalue weighted by atomic mass is 10.2. The van der Waals surface area contributed by atoms with Gasteiger partial charge in [-0.2, -0.15) is 11.8 Å². The molecule has 2 atom stereocenters. The third-order valence-corrected chi connectivity index (χ3v) is 5.84. The average molecular weight is 422 g/mol. The summed E-state index contributed by atoms with van der Waals surface area (Å²) in [4.78, 5) is 0. The highest BCUT2D eigenvalue weighted by molar-refractivity contribution is 7.97. The minimum Gasteiger partial charge on any atom is -0.203 e. The minimum absolute atomic E-state index is 0.0219. The van der Waals surface area contributed by atoms with E-state index in [-0.39, 0.29) is 21.9 Å². The molecule has 136 valence electrons. The smallest absolute Gasteiger partial charge is 0.200 e. The predicted octanol–water partition coefficient (Wildman–Crippen LogP) is 4.23. The standard InChI is InChI=1S/C14H8F8P2S/c15-5-3(6(16)9(19)11(21)8(5)18)1-25-2-4-7(17)10(20)12(22)14(24)13(4)23/h1-2,23-24H2. The van der Waals surface area contributed by atoms with Gasteiger partial charge in [0.25, 0.3) is 0 Å². The number of rotatable bonds is 4. The summed E-state index contributed by atoms with van der Waals surface area (Å²) in [6.07, 6.45) is 0. The Morgan fingerprint density at radius 3 is 1.36 bits per heavy atom. The first-order valence-electron chi connectivity index (χ1n) is 6.37. The normalized spacial score (nSPS) is 11.3. The predicted molar refractivity (Wildman–Crippen MR) is 86.2 cm³/mol. The van der Waals surface area contributed by atoms with Gasteiger partial charge in [-0.3, -0.25) is 0 Å². The van der Waals surface area contributed by atoms with Crippen molar-refractivity contribution in [1.82, 2.24) is 0 Å². The number of hydrogen-bond acceptors (Lipinski definition) is 1. The van der Waals surface area contributed by atoms with Crippen molar-refractivity contribution in [2.75, 3.05) is 0 Å². The van der Waals surface area contributed by atoms with E-state index < -0.39 is 57.9 Å². The Balaban J connectivity index is 2.29. The SMILES string of the molecule is Fc1c(F)c(F)c(CSCc2c(F)c(F)c(F)c(P)c2P)c(F)c1F. The number of halogens is 8. The molecule has 0 aromatic heterocycles. The van der Waals surface area contributed by atoms with Crippen LogP contribution in [-0.4, -0.2) is 0 Å². The van der Waals surface area contributed by atoms with Crippen molar-refractivity contribution in [3.8, 4) is 0 Å². The molecular formula is C14H8F8P2S. The molecule has 0 aliphatic heterocycles. The van der Waals surface area contributed by atoms with Crippen LogP contribution in [0.1, 0.15) is 11.1 Å². The summed E-state index contributed by atoms with van der Waals surface area (Å²) in [6.45, 7) is 0. The van der Waals surface area contributed by atoms with Crippen LogP contribution in [0.4, 0.5) is 35.1 Å². The second-order valence-corrected chi connectivity index (χ2v) is 6.93. The molecule has 0 heterocycles. The van der Waals surface area contributed by atoms with Gasteiger partial charge in [-0.05, 0) is 5.30 Å². The fourth-order valence-corrected chi connectivity index (χ4v) is 3.77. The molecule has 2 aromatic carbocycles. The first-order valence-corrected chi connectivity index (χ1v) is 8.68. The van der Waals surface area contributed by atoms with Gasteiger partial charge in [0.2, 0.25) is 5.82 Å². The highest BCUT2D eigenvalue weighted by Crippen LogP contribution is 2.28. The van der Waals surface area contributed by atoms with Gasteiger partial charge in [0.05, 0.1) is 0 Å². The number of benzene rings is 2. The number of hydrogen-bond donors (Lipinski definition) is 0. The first-order chi connectivity index (χ1) is 11.6. The highest BCUT2D eigenvalue weighted by atomic mass is 32.2. The zero-order chi connectivity index (χ0) is 19.0. The molecule has 0 fully saturated rings. The molecule has 0 amide bonds. The van der Waals surface area contributed by atoms with Crippen molar-refractivity contribution in [3.63, 3.8) is 0 Å². The molecule has 25 heavy (non-hydrogen) atoms. The van der Waals surface area contributed by atoms with Crippen LogP contribution < -0.4 is 10.6 Å².